The van der Waals surface area contributed by atoms with Crippen molar-refractivity contribution in [3.8, 4) is 0 Å². The molecule has 0 spiro atoms. The van der Waals surface area contributed by atoms with E-state index in [2.05, 4.69) is 5.10 Å². The van der Waals surface area contributed by atoms with E-state index in [1.165, 1.54) is 0 Å². The summed E-state index contributed by atoms with van der Waals surface area (Å²) in [6, 6.07) is 0. The number of carbonyl (C=O) groups is 1. The van der Waals surface area contributed by atoms with Crippen molar-refractivity contribution in [3.63, 3.8) is 0 Å². The summed E-state index contributed by atoms with van der Waals surface area (Å²) in [4.78, 5) is 11.0. The quantitative estimate of drug-likeness (QED) is 0.778. The highest BCUT2D eigenvalue weighted by atomic mass is 16.4. The van der Waals surface area contributed by atoms with Crippen LogP contribution in [0.2, 0.25) is 0 Å². The molecule has 2 rings (SSSR count). The van der Waals surface area contributed by atoms with E-state index >= 15 is 0 Å². The highest BCUT2D eigenvalue weighted by Gasteiger charge is 2.18. The lowest BCUT2D eigenvalue weighted by Gasteiger charge is -1.98. The zero-order valence-electron chi connectivity index (χ0n) is 8.06. The van der Waals surface area contributed by atoms with Crippen LogP contribution >= 0.6 is 0 Å². The molecule has 0 amide bonds. The van der Waals surface area contributed by atoms with E-state index < -0.39 is 5.97 Å². The lowest BCUT2D eigenvalue weighted by molar-refractivity contribution is 0.0698. The van der Waals surface area contributed by atoms with Gasteiger partial charge in [0.1, 0.15) is 5.56 Å². The minimum atomic E-state index is -0.925. The van der Waals surface area contributed by atoms with Crippen LogP contribution in [0.1, 0.15) is 23.0 Å². The number of imidazole rings is 1. The molecule has 5 heteroatoms. The SMILES string of the molecule is CCn1ccn2nc(C)c(C(=O)O)c12. The van der Waals surface area contributed by atoms with E-state index in [9.17, 15) is 4.79 Å². The highest BCUT2D eigenvalue weighted by molar-refractivity contribution is 5.95. The molecule has 2 aromatic rings. The van der Waals surface area contributed by atoms with Gasteiger partial charge >= 0.3 is 5.97 Å². The van der Waals surface area contributed by atoms with Gasteiger partial charge in [-0.2, -0.15) is 5.10 Å². The van der Waals surface area contributed by atoms with Crippen molar-refractivity contribution in [2.24, 2.45) is 0 Å². The van der Waals surface area contributed by atoms with E-state index in [1.54, 1.807) is 17.6 Å². The summed E-state index contributed by atoms with van der Waals surface area (Å²) in [7, 11) is 0. The fourth-order valence-corrected chi connectivity index (χ4v) is 1.63. The van der Waals surface area contributed by atoms with Crippen LogP contribution in [0.25, 0.3) is 5.65 Å². The van der Waals surface area contributed by atoms with Crippen molar-refractivity contribution >= 4 is 11.6 Å². The number of hydrogen-bond acceptors (Lipinski definition) is 2. The smallest absolute Gasteiger partial charge is 0.341 e. The number of rotatable bonds is 2. The van der Waals surface area contributed by atoms with E-state index in [4.69, 9.17) is 5.11 Å². The molecule has 74 valence electrons. The molecular formula is C9H11N3O2. The van der Waals surface area contributed by atoms with Gasteiger partial charge in [0.2, 0.25) is 0 Å². The van der Waals surface area contributed by atoms with Gasteiger partial charge in [0, 0.05) is 18.9 Å². The summed E-state index contributed by atoms with van der Waals surface area (Å²) in [5.41, 5.74) is 1.49. The highest BCUT2D eigenvalue weighted by Crippen LogP contribution is 2.15. The molecule has 0 aliphatic carbocycles. The first-order valence-corrected chi connectivity index (χ1v) is 4.42. The molecule has 0 aliphatic rings. The Kier molecular flexibility index (Phi) is 1.80. The topological polar surface area (TPSA) is 59.5 Å². The first kappa shape index (κ1) is 8.80. The van der Waals surface area contributed by atoms with Crippen molar-refractivity contribution in [1.82, 2.24) is 14.2 Å². The van der Waals surface area contributed by atoms with Crippen LogP contribution in [-0.4, -0.2) is 25.3 Å². The summed E-state index contributed by atoms with van der Waals surface area (Å²) < 4.78 is 3.46. The average molecular weight is 193 g/mol. The van der Waals surface area contributed by atoms with Gasteiger partial charge in [-0.05, 0) is 13.8 Å². The van der Waals surface area contributed by atoms with Gasteiger partial charge in [-0.15, -0.1) is 0 Å². The maximum atomic E-state index is 11.0. The molecule has 0 bridgehead atoms. The predicted octanol–water partition coefficient (Wildman–Crippen LogP) is 1.16. The first-order valence-electron chi connectivity index (χ1n) is 4.42. The second-order valence-electron chi connectivity index (χ2n) is 3.12. The summed E-state index contributed by atoms with van der Waals surface area (Å²) in [6.07, 6.45) is 3.59. The van der Waals surface area contributed by atoms with Crippen LogP contribution in [-0.2, 0) is 6.54 Å². The fourth-order valence-electron chi connectivity index (χ4n) is 1.63. The predicted molar refractivity (Wildman–Crippen MR) is 50.6 cm³/mol. The molecule has 0 unspecified atom stereocenters. The number of nitrogens with zero attached hydrogens (tertiary/aromatic N) is 3. The molecule has 0 fully saturated rings. The lowest BCUT2D eigenvalue weighted by Crippen LogP contribution is -2.02. The second kappa shape index (κ2) is 2.87. The number of carboxylic acids is 1. The molecule has 0 radical (unpaired) electrons. The van der Waals surface area contributed by atoms with Gasteiger partial charge in [0.15, 0.2) is 5.65 Å². The number of hydrogen-bond donors (Lipinski definition) is 1. The zero-order valence-corrected chi connectivity index (χ0v) is 8.06. The summed E-state index contributed by atoms with van der Waals surface area (Å²) >= 11 is 0. The van der Waals surface area contributed by atoms with E-state index in [-0.39, 0.29) is 5.56 Å². The minimum Gasteiger partial charge on any atom is -0.477 e. The molecule has 1 N–H and O–H groups in total. The molecule has 0 aromatic carbocycles. The molecule has 0 saturated carbocycles. The van der Waals surface area contributed by atoms with Gasteiger partial charge in [-0.3, -0.25) is 0 Å². The monoisotopic (exact) mass is 193 g/mol. The van der Waals surface area contributed by atoms with Gasteiger partial charge in [-0.25, -0.2) is 9.31 Å². The van der Waals surface area contributed by atoms with Gasteiger partial charge in [-0.1, -0.05) is 0 Å². The van der Waals surface area contributed by atoms with Crippen molar-refractivity contribution in [2.75, 3.05) is 0 Å². The van der Waals surface area contributed by atoms with Gasteiger partial charge in [0.05, 0.1) is 5.69 Å². The van der Waals surface area contributed by atoms with Gasteiger partial charge < -0.3 is 9.67 Å². The molecular weight excluding hydrogens is 182 g/mol. The first-order chi connectivity index (χ1) is 6.65. The van der Waals surface area contributed by atoms with Crippen molar-refractivity contribution < 1.29 is 9.90 Å². The third-order valence-electron chi connectivity index (χ3n) is 2.27. The number of aromatic nitrogens is 3. The van der Waals surface area contributed by atoms with Crippen LogP contribution in [0.5, 0.6) is 0 Å². The maximum Gasteiger partial charge on any atom is 0.341 e. The summed E-state index contributed by atoms with van der Waals surface area (Å²) in [6.45, 7) is 4.41. The standard InChI is InChI=1S/C9H11N3O2/c1-3-11-4-5-12-8(11)7(9(13)14)6(2)10-12/h4-5H,3H2,1-2H3,(H,13,14). The lowest BCUT2D eigenvalue weighted by atomic mass is 10.2. The second-order valence-corrected chi connectivity index (χ2v) is 3.12. The van der Waals surface area contributed by atoms with E-state index in [0.717, 1.165) is 6.54 Å². The molecule has 0 atom stereocenters. The Bertz CT molecular complexity index is 495. The normalized spacial score (nSPS) is 11.0. The largest absolute Gasteiger partial charge is 0.477 e. The van der Waals surface area contributed by atoms with Crippen LogP contribution in [0.15, 0.2) is 12.4 Å². The molecule has 2 aromatic heterocycles. The number of aryl methyl sites for hydroxylation is 2. The molecule has 5 nitrogen and oxygen atoms in total. The Labute approximate surface area is 80.6 Å². The van der Waals surface area contributed by atoms with Crippen LogP contribution in [0, 0.1) is 6.92 Å². The molecule has 0 aliphatic heterocycles. The molecule has 2 heterocycles. The molecule has 14 heavy (non-hydrogen) atoms. The number of aromatic carboxylic acids is 1. The summed E-state index contributed by atoms with van der Waals surface area (Å²) in [5, 5.41) is 13.1. The Morgan fingerprint density at radius 2 is 2.29 bits per heavy atom. The van der Waals surface area contributed by atoms with Crippen molar-refractivity contribution in [3.05, 3.63) is 23.7 Å². The van der Waals surface area contributed by atoms with E-state index in [1.807, 2.05) is 17.7 Å². The minimum absolute atomic E-state index is 0.289. The zero-order chi connectivity index (χ0) is 10.3. The maximum absolute atomic E-state index is 11.0. The summed E-state index contributed by atoms with van der Waals surface area (Å²) in [5.74, 6) is -0.925. The Hall–Kier alpha value is -1.78. The number of fused-ring (bicyclic) bond motifs is 1. The fraction of sp³-hybridized carbons (Fsp3) is 0.333. The van der Waals surface area contributed by atoms with Crippen LogP contribution < -0.4 is 0 Å². The van der Waals surface area contributed by atoms with Crippen LogP contribution in [0.4, 0.5) is 0 Å². The average Bonchev–Trinajstić information content (AvgIpc) is 2.60. The third-order valence-corrected chi connectivity index (χ3v) is 2.27. The Balaban J connectivity index is 2.82. The van der Waals surface area contributed by atoms with Gasteiger partial charge in [0.25, 0.3) is 0 Å². The third kappa shape index (κ3) is 1.02. The Morgan fingerprint density at radius 1 is 1.57 bits per heavy atom. The number of carboxylic acid groups (broad SMARTS) is 1. The van der Waals surface area contributed by atoms with Crippen molar-refractivity contribution in [2.45, 2.75) is 20.4 Å². The van der Waals surface area contributed by atoms with Crippen molar-refractivity contribution in [1.29, 1.82) is 0 Å². The Morgan fingerprint density at radius 3 is 2.86 bits per heavy atom. The van der Waals surface area contributed by atoms with Crippen LogP contribution in [0.3, 0.4) is 0 Å². The van der Waals surface area contributed by atoms with E-state index in [0.29, 0.717) is 11.3 Å². The molecule has 0 saturated heterocycles.